The van der Waals surface area contributed by atoms with Crippen LogP contribution in [-0.2, 0) is 0 Å². The molecule has 0 aromatic rings. The maximum Gasteiger partial charge on any atom is 0.0201 e. The van der Waals surface area contributed by atoms with Gasteiger partial charge in [0.2, 0.25) is 0 Å². The fourth-order valence-corrected chi connectivity index (χ4v) is 4.01. The van der Waals surface area contributed by atoms with Gasteiger partial charge in [-0.1, -0.05) is 33.1 Å². The molecule has 0 amide bonds. The Morgan fingerprint density at radius 3 is 2.47 bits per heavy atom. The Hall–Kier alpha value is 0.310. The quantitative estimate of drug-likeness (QED) is 0.745. The monoisotopic (exact) mass is 229 g/mol. The molecule has 1 N–H and O–H groups in total. The maximum absolute atomic E-state index is 3.55. The molecule has 1 nitrogen and oxygen atoms in total. The van der Waals surface area contributed by atoms with E-state index in [1.807, 2.05) is 0 Å². The summed E-state index contributed by atoms with van der Waals surface area (Å²) >= 11 is 2.20. The Balaban J connectivity index is 2.38. The van der Waals surface area contributed by atoms with Gasteiger partial charge in [-0.05, 0) is 38.0 Å². The normalized spacial score (nSPS) is 24.4. The van der Waals surface area contributed by atoms with Gasteiger partial charge in [-0.3, -0.25) is 0 Å². The molecule has 2 unspecified atom stereocenters. The van der Waals surface area contributed by atoms with Crippen molar-refractivity contribution in [2.24, 2.45) is 5.92 Å². The van der Waals surface area contributed by atoms with Crippen LogP contribution in [0.2, 0.25) is 0 Å². The number of rotatable bonds is 6. The van der Waals surface area contributed by atoms with Crippen molar-refractivity contribution in [2.75, 3.05) is 12.8 Å². The fourth-order valence-electron chi connectivity index (χ4n) is 2.52. The second-order valence-electron chi connectivity index (χ2n) is 4.72. The second-order valence-corrected chi connectivity index (χ2v) is 6.07. The van der Waals surface area contributed by atoms with Crippen molar-refractivity contribution in [2.45, 2.75) is 63.7 Å². The van der Waals surface area contributed by atoms with Gasteiger partial charge in [0.1, 0.15) is 0 Å². The van der Waals surface area contributed by atoms with Crippen LogP contribution in [0.1, 0.15) is 52.4 Å². The summed E-state index contributed by atoms with van der Waals surface area (Å²) in [6.07, 6.45) is 8.36. The number of hydrogen-bond donors (Lipinski definition) is 1. The molecular weight excluding hydrogens is 202 g/mol. The molecule has 0 radical (unpaired) electrons. The van der Waals surface area contributed by atoms with Crippen LogP contribution in [0.15, 0.2) is 0 Å². The molecule has 0 bridgehead atoms. The summed E-state index contributed by atoms with van der Waals surface area (Å²) in [6, 6.07) is 0.750. The third-order valence-corrected chi connectivity index (χ3v) is 5.29. The minimum absolute atomic E-state index is 0.750. The van der Waals surface area contributed by atoms with Gasteiger partial charge in [0.15, 0.2) is 0 Å². The summed E-state index contributed by atoms with van der Waals surface area (Å²) in [5.41, 5.74) is 0. The first-order valence-corrected chi connectivity index (χ1v) is 7.65. The van der Waals surface area contributed by atoms with E-state index in [0.717, 1.165) is 17.2 Å². The highest BCUT2D eigenvalue weighted by molar-refractivity contribution is 8.00. The van der Waals surface area contributed by atoms with Crippen molar-refractivity contribution < 1.29 is 0 Å². The van der Waals surface area contributed by atoms with Crippen molar-refractivity contribution in [3.63, 3.8) is 0 Å². The minimum atomic E-state index is 0.750. The Morgan fingerprint density at radius 2 is 2.00 bits per heavy atom. The van der Waals surface area contributed by atoms with Crippen LogP contribution in [0.25, 0.3) is 0 Å². The number of nitrogens with one attached hydrogen (secondary N) is 1. The standard InChI is InChI=1S/C13H27NS/c1-4-11(5-2)10-12(14-3)13-8-6-7-9-15-13/h11-14H,4-10H2,1-3H3. The predicted molar refractivity (Wildman–Crippen MR) is 71.6 cm³/mol. The Bertz CT molecular complexity index is 151. The van der Waals surface area contributed by atoms with Gasteiger partial charge in [0, 0.05) is 11.3 Å². The third-order valence-electron chi connectivity index (χ3n) is 3.78. The molecule has 0 aliphatic carbocycles. The van der Waals surface area contributed by atoms with Crippen LogP contribution < -0.4 is 5.32 Å². The van der Waals surface area contributed by atoms with Gasteiger partial charge in [-0.15, -0.1) is 0 Å². The van der Waals surface area contributed by atoms with Crippen LogP contribution in [0, 0.1) is 5.92 Å². The summed E-state index contributed by atoms with van der Waals surface area (Å²) < 4.78 is 0. The SMILES string of the molecule is CCC(CC)CC(NC)C1CCCCS1. The first-order valence-electron chi connectivity index (χ1n) is 6.60. The molecule has 1 heterocycles. The zero-order valence-electron chi connectivity index (χ0n) is 10.6. The molecule has 15 heavy (non-hydrogen) atoms. The average Bonchev–Trinajstić information content (AvgIpc) is 2.32. The average molecular weight is 229 g/mol. The topological polar surface area (TPSA) is 12.0 Å². The van der Waals surface area contributed by atoms with Crippen molar-refractivity contribution in [1.82, 2.24) is 5.32 Å². The lowest BCUT2D eigenvalue weighted by atomic mass is 9.92. The van der Waals surface area contributed by atoms with Crippen molar-refractivity contribution in [3.05, 3.63) is 0 Å². The highest BCUT2D eigenvalue weighted by Gasteiger charge is 2.24. The van der Waals surface area contributed by atoms with Crippen molar-refractivity contribution in [3.8, 4) is 0 Å². The molecule has 0 saturated carbocycles. The third kappa shape index (κ3) is 4.36. The Labute approximate surface area is 99.8 Å². The molecule has 0 aromatic heterocycles. The van der Waals surface area contributed by atoms with E-state index in [4.69, 9.17) is 0 Å². The van der Waals surface area contributed by atoms with E-state index in [1.54, 1.807) is 0 Å². The first kappa shape index (κ1) is 13.4. The summed E-state index contributed by atoms with van der Waals surface area (Å²) in [7, 11) is 2.14. The highest BCUT2D eigenvalue weighted by Crippen LogP contribution is 2.30. The van der Waals surface area contributed by atoms with E-state index in [0.29, 0.717) is 0 Å². The highest BCUT2D eigenvalue weighted by atomic mass is 32.2. The molecule has 1 fully saturated rings. The first-order chi connectivity index (χ1) is 7.31. The summed E-state index contributed by atoms with van der Waals surface area (Å²) in [4.78, 5) is 0. The molecule has 1 aliphatic heterocycles. The molecule has 1 saturated heterocycles. The second kappa shape index (κ2) is 7.56. The van der Waals surface area contributed by atoms with E-state index < -0.39 is 0 Å². The van der Waals surface area contributed by atoms with E-state index >= 15 is 0 Å². The molecule has 1 rings (SSSR count). The van der Waals surface area contributed by atoms with E-state index in [9.17, 15) is 0 Å². The van der Waals surface area contributed by atoms with Crippen LogP contribution in [0.3, 0.4) is 0 Å². The number of thioether (sulfide) groups is 1. The fraction of sp³-hybridized carbons (Fsp3) is 1.00. The Morgan fingerprint density at radius 1 is 1.27 bits per heavy atom. The van der Waals surface area contributed by atoms with E-state index in [-0.39, 0.29) is 0 Å². The van der Waals surface area contributed by atoms with E-state index in [2.05, 4.69) is 38.0 Å². The maximum atomic E-state index is 3.55. The van der Waals surface area contributed by atoms with Gasteiger partial charge >= 0.3 is 0 Å². The molecule has 0 spiro atoms. The lowest BCUT2D eigenvalue weighted by Crippen LogP contribution is -2.38. The van der Waals surface area contributed by atoms with Crippen LogP contribution in [0.4, 0.5) is 0 Å². The molecule has 2 heteroatoms. The minimum Gasteiger partial charge on any atom is -0.316 e. The van der Waals surface area contributed by atoms with Crippen LogP contribution in [-0.4, -0.2) is 24.1 Å². The van der Waals surface area contributed by atoms with Crippen LogP contribution >= 0.6 is 11.8 Å². The van der Waals surface area contributed by atoms with Crippen molar-refractivity contribution in [1.29, 1.82) is 0 Å². The zero-order valence-corrected chi connectivity index (χ0v) is 11.4. The summed E-state index contributed by atoms with van der Waals surface area (Å²) in [5, 5.41) is 4.43. The zero-order chi connectivity index (χ0) is 11.1. The van der Waals surface area contributed by atoms with Crippen LogP contribution in [0.5, 0.6) is 0 Å². The summed E-state index contributed by atoms with van der Waals surface area (Å²) in [6.45, 7) is 4.66. The largest absolute Gasteiger partial charge is 0.316 e. The van der Waals surface area contributed by atoms with Gasteiger partial charge in [-0.25, -0.2) is 0 Å². The summed E-state index contributed by atoms with van der Waals surface area (Å²) in [5.74, 6) is 2.30. The molecule has 0 aromatic carbocycles. The number of hydrogen-bond acceptors (Lipinski definition) is 2. The van der Waals surface area contributed by atoms with Crippen molar-refractivity contribution >= 4 is 11.8 Å². The molecule has 2 atom stereocenters. The van der Waals surface area contributed by atoms with Gasteiger partial charge in [-0.2, -0.15) is 11.8 Å². The smallest absolute Gasteiger partial charge is 0.0201 e. The predicted octanol–water partition coefficient (Wildman–Crippen LogP) is 3.69. The van der Waals surface area contributed by atoms with E-state index in [1.165, 1.54) is 44.3 Å². The van der Waals surface area contributed by atoms with Gasteiger partial charge < -0.3 is 5.32 Å². The van der Waals surface area contributed by atoms with Gasteiger partial charge in [0.25, 0.3) is 0 Å². The Kier molecular flexibility index (Phi) is 6.74. The molecule has 1 aliphatic rings. The lowest BCUT2D eigenvalue weighted by Gasteiger charge is -2.31. The molecule has 90 valence electrons. The lowest BCUT2D eigenvalue weighted by molar-refractivity contribution is 0.362. The van der Waals surface area contributed by atoms with Gasteiger partial charge in [0.05, 0.1) is 0 Å². The molecular formula is C13H27NS.